The Labute approximate surface area is 223 Å². The van der Waals surface area contributed by atoms with Crippen LogP contribution in [0.3, 0.4) is 0 Å². The standard InChI is InChI=1S/C25H22ClN5O6S/c1-15-23(31(33)34)25(29-30(15)14-16-8-10-17(37-2)11-9-16)28-21-12-22(38(3,35)36)27-13-19(21)24(32)18-6-4-5-7-20(18)26/h4-13H,14H2,1-3H3,(H,27,28,29). The summed E-state index contributed by atoms with van der Waals surface area (Å²) >= 11 is 6.20. The third-order valence-electron chi connectivity index (χ3n) is 5.72. The highest BCUT2D eigenvalue weighted by molar-refractivity contribution is 7.90. The maximum absolute atomic E-state index is 13.3. The van der Waals surface area contributed by atoms with Gasteiger partial charge in [-0.2, -0.15) is 0 Å². The summed E-state index contributed by atoms with van der Waals surface area (Å²) in [7, 11) is -2.22. The van der Waals surface area contributed by atoms with Crippen LogP contribution in [0.15, 0.2) is 65.8 Å². The number of hydrogen-bond acceptors (Lipinski definition) is 9. The fourth-order valence-electron chi connectivity index (χ4n) is 3.74. The third kappa shape index (κ3) is 5.50. The minimum Gasteiger partial charge on any atom is -0.497 e. The first-order valence-corrected chi connectivity index (χ1v) is 13.4. The monoisotopic (exact) mass is 555 g/mol. The number of pyridine rings is 1. The van der Waals surface area contributed by atoms with E-state index in [0.29, 0.717) is 5.75 Å². The van der Waals surface area contributed by atoms with Crippen molar-refractivity contribution >= 4 is 44.4 Å². The summed E-state index contributed by atoms with van der Waals surface area (Å²) in [5, 5.41) is 19.0. The first-order chi connectivity index (χ1) is 18.0. The van der Waals surface area contributed by atoms with E-state index in [9.17, 15) is 23.3 Å². The van der Waals surface area contributed by atoms with Crippen molar-refractivity contribution in [3.63, 3.8) is 0 Å². The van der Waals surface area contributed by atoms with Crippen LogP contribution in [-0.2, 0) is 16.4 Å². The van der Waals surface area contributed by atoms with Gasteiger partial charge >= 0.3 is 5.69 Å². The molecule has 0 amide bonds. The molecule has 4 aromatic rings. The molecule has 0 saturated heterocycles. The molecule has 0 atom stereocenters. The lowest BCUT2D eigenvalue weighted by molar-refractivity contribution is -0.384. The minimum absolute atomic E-state index is 0.0254. The van der Waals surface area contributed by atoms with E-state index in [1.54, 1.807) is 50.4 Å². The van der Waals surface area contributed by atoms with Crippen LogP contribution in [0.2, 0.25) is 5.02 Å². The first-order valence-electron chi connectivity index (χ1n) is 11.1. The van der Waals surface area contributed by atoms with Crippen LogP contribution in [0, 0.1) is 17.0 Å². The molecule has 0 fully saturated rings. The molecule has 0 unspecified atom stereocenters. The Kier molecular flexibility index (Phi) is 7.46. The molecule has 0 aliphatic rings. The van der Waals surface area contributed by atoms with E-state index < -0.39 is 20.5 Å². The van der Waals surface area contributed by atoms with Gasteiger partial charge in [0.2, 0.25) is 5.82 Å². The van der Waals surface area contributed by atoms with Crippen molar-refractivity contribution in [3.05, 3.63) is 98.3 Å². The summed E-state index contributed by atoms with van der Waals surface area (Å²) in [4.78, 5) is 28.7. The number of rotatable bonds is 9. The second kappa shape index (κ2) is 10.6. The number of benzene rings is 2. The van der Waals surface area contributed by atoms with E-state index in [4.69, 9.17) is 16.3 Å². The lowest BCUT2D eigenvalue weighted by Crippen LogP contribution is -2.10. The van der Waals surface area contributed by atoms with E-state index in [-0.39, 0.29) is 50.6 Å². The molecule has 0 aliphatic heterocycles. The van der Waals surface area contributed by atoms with Crippen molar-refractivity contribution < 1.29 is 22.9 Å². The number of nitrogens with one attached hydrogen (secondary N) is 1. The molecule has 1 N–H and O–H groups in total. The fraction of sp³-hybridized carbons (Fsp3) is 0.160. The quantitative estimate of drug-likeness (QED) is 0.178. The van der Waals surface area contributed by atoms with Gasteiger partial charge < -0.3 is 10.1 Å². The number of anilines is 2. The molecule has 0 saturated carbocycles. The third-order valence-corrected chi connectivity index (χ3v) is 7.04. The van der Waals surface area contributed by atoms with Gasteiger partial charge in [0.1, 0.15) is 11.4 Å². The summed E-state index contributed by atoms with van der Waals surface area (Å²) in [6, 6.07) is 14.6. The molecule has 0 spiro atoms. The molecule has 2 aromatic heterocycles. The zero-order valence-electron chi connectivity index (χ0n) is 20.5. The fourth-order valence-corrected chi connectivity index (χ4v) is 4.54. The maximum Gasteiger partial charge on any atom is 0.334 e. The van der Waals surface area contributed by atoms with Crippen molar-refractivity contribution in [3.8, 4) is 5.75 Å². The second-order valence-electron chi connectivity index (χ2n) is 8.32. The molecule has 0 aliphatic carbocycles. The van der Waals surface area contributed by atoms with Gasteiger partial charge in [-0.05, 0) is 42.8 Å². The number of halogens is 1. The highest BCUT2D eigenvalue weighted by atomic mass is 35.5. The van der Waals surface area contributed by atoms with Crippen LogP contribution in [0.5, 0.6) is 5.75 Å². The van der Waals surface area contributed by atoms with E-state index in [0.717, 1.165) is 24.1 Å². The Morgan fingerprint density at radius 1 is 1.16 bits per heavy atom. The van der Waals surface area contributed by atoms with E-state index >= 15 is 0 Å². The minimum atomic E-state index is -3.77. The number of hydrogen-bond donors (Lipinski definition) is 1. The van der Waals surface area contributed by atoms with Gasteiger partial charge in [0.05, 0.1) is 34.9 Å². The SMILES string of the molecule is COc1ccc(Cn2nc(Nc3cc(S(C)(=O)=O)ncc3C(=O)c3ccccc3Cl)c([N+](=O)[O-])c2C)cc1. The molecule has 0 radical (unpaired) electrons. The van der Waals surface area contributed by atoms with Crippen LogP contribution >= 0.6 is 11.6 Å². The number of carbonyl (C=O) groups excluding carboxylic acids is 1. The molecule has 13 heteroatoms. The molecule has 2 aromatic carbocycles. The summed E-state index contributed by atoms with van der Waals surface area (Å²) in [5.74, 6) is -0.0584. The zero-order valence-corrected chi connectivity index (χ0v) is 22.1. The molecule has 196 valence electrons. The maximum atomic E-state index is 13.3. The largest absolute Gasteiger partial charge is 0.497 e. The van der Waals surface area contributed by atoms with Gasteiger partial charge in [-0.1, -0.05) is 35.9 Å². The summed E-state index contributed by atoms with van der Waals surface area (Å²) in [6.45, 7) is 1.76. The molecule has 4 rings (SSSR count). The van der Waals surface area contributed by atoms with Crippen molar-refractivity contribution in [1.82, 2.24) is 14.8 Å². The molecular formula is C25H22ClN5O6S. The molecule has 11 nitrogen and oxygen atoms in total. The summed E-state index contributed by atoms with van der Waals surface area (Å²) < 4.78 is 31.0. The summed E-state index contributed by atoms with van der Waals surface area (Å²) in [6.07, 6.45) is 2.06. The van der Waals surface area contributed by atoms with Crippen molar-refractivity contribution in [2.24, 2.45) is 0 Å². The number of ketones is 1. The van der Waals surface area contributed by atoms with Crippen molar-refractivity contribution in [2.75, 3.05) is 18.7 Å². The lowest BCUT2D eigenvalue weighted by atomic mass is 10.0. The van der Waals surface area contributed by atoms with E-state index in [1.807, 2.05) is 0 Å². The van der Waals surface area contributed by atoms with Crippen LogP contribution < -0.4 is 10.1 Å². The summed E-state index contributed by atoms with van der Waals surface area (Å²) in [5.41, 5.74) is 0.833. The molecule has 38 heavy (non-hydrogen) atoms. The zero-order chi connectivity index (χ0) is 27.6. The Morgan fingerprint density at radius 3 is 2.45 bits per heavy atom. The van der Waals surface area contributed by atoms with Gasteiger partial charge in [-0.3, -0.25) is 19.6 Å². The molecule has 0 bridgehead atoms. The van der Waals surface area contributed by atoms with Gasteiger partial charge in [0, 0.05) is 18.0 Å². The number of nitrogens with zero attached hydrogens (tertiary/aromatic N) is 4. The predicted molar refractivity (Wildman–Crippen MR) is 141 cm³/mol. The van der Waals surface area contributed by atoms with Crippen molar-refractivity contribution in [1.29, 1.82) is 0 Å². The molecular weight excluding hydrogens is 534 g/mol. The Bertz CT molecular complexity index is 1650. The van der Waals surface area contributed by atoms with Gasteiger partial charge in [0.25, 0.3) is 0 Å². The number of sulfone groups is 1. The number of carbonyl (C=O) groups is 1. The van der Waals surface area contributed by atoms with Crippen LogP contribution in [-0.4, -0.2) is 47.3 Å². The second-order valence-corrected chi connectivity index (χ2v) is 10.7. The number of methoxy groups -OCH3 is 1. The average molecular weight is 556 g/mol. The van der Waals surface area contributed by atoms with Gasteiger partial charge in [-0.15, -0.1) is 5.10 Å². The van der Waals surface area contributed by atoms with Gasteiger partial charge in [-0.25, -0.2) is 13.4 Å². The smallest absolute Gasteiger partial charge is 0.334 e. The average Bonchev–Trinajstić information content (AvgIpc) is 3.18. The number of ether oxygens (including phenoxy) is 1. The van der Waals surface area contributed by atoms with E-state index in [2.05, 4.69) is 15.4 Å². The topological polar surface area (TPSA) is 146 Å². The Balaban J connectivity index is 1.80. The highest BCUT2D eigenvalue weighted by Gasteiger charge is 2.28. The number of aromatic nitrogens is 3. The van der Waals surface area contributed by atoms with E-state index in [1.165, 1.54) is 16.8 Å². The lowest BCUT2D eigenvalue weighted by Gasteiger charge is -2.12. The number of nitro groups is 1. The van der Waals surface area contributed by atoms with Crippen LogP contribution in [0.25, 0.3) is 0 Å². The predicted octanol–water partition coefficient (Wildman–Crippen LogP) is 4.58. The highest BCUT2D eigenvalue weighted by Crippen LogP contribution is 2.33. The van der Waals surface area contributed by atoms with Crippen LogP contribution in [0.4, 0.5) is 17.2 Å². The molecule has 2 heterocycles. The first kappa shape index (κ1) is 26.8. The van der Waals surface area contributed by atoms with Gasteiger partial charge in [0.15, 0.2) is 20.6 Å². The normalized spacial score (nSPS) is 11.3. The Morgan fingerprint density at radius 2 is 1.84 bits per heavy atom. The van der Waals surface area contributed by atoms with Crippen LogP contribution in [0.1, 0.15) is 27.2 Å². The Hall–Kier alpha value is -4.29. The van der Waals surface area contributed by atoms with Crippen molar-refractivity contribution in [2.45, 2.75) is 18.5 Å².